The number of hydrogen-bond acceptors (Lipinski definition) is 3. The van der Waals surface area contributed by atoms with Gasteiger partial charge in [-0.1, -0.05) is 6.92 Å². The maximum Gasteiger partial charge on any atom is 0.163 e. The fraction of sp³-hybridized carbons (Fsp3) is 0.467. The zero-order valence-electron chi connectivity index (χ0n) is 11.5. The molecule has 0 unspecified atom stereocenters. The molecule has 1 aromatic heterocycles. The van der Waals surface area contributed by atoms with Crippen molar-refractivity contribution < 1.29 is 9.47 Å². The number of nitrogens with one attached hydrogen (secondary N) is 2. The first-order chi connectivity index (χ1) is 9.29. The van der Waals surface area contributed by atoms with E-state index in [2.05, 4.69) is 30.2 Å². The van der Waals surface area contributed by atoms with Gasteiger partial charge in [0.15, 0.2) is 11.5 Å². The second-order valence-corrected chi connectivity index (χ2v) is 4.87. The van der Waals surface area contributed by atoms with Crippen LogP contribution in [0.25, 0.3) is 10.9 Å². The van der Waals surface area contributed by atoms with Gasteiger partial charge in [0.1, 0.15) is 13.2 Å². The summed E-state index contributed by atoms with van der Waals surface area (Å²) >= 11 is 0. The molecule has 2 aromatic rings. The van der Waals surface area contributed by atoms with Crippen molar-refractivity contribution in [3.8, 4) is 11.5 Å². The van der Waals surface area contributed by atoms with E-state index in [1.54, 1.807) is 0 Å². The number of likely N-dealkylation sites (N-methyl/N-ethyl adjacent to an activating group) is 1. The Kier molecular flexibility index (Phi) is 3.34. The van der Waals surface area contributed by atoms with Crippen molar-refractivity contribution in [1.82, 2.24) is 10.3 Å². The minimum absolute atomic E-state index is 0.630. The third-order valence-corrected chi connectivity index (χ3v) is 3.58. The number of aryl methyl sites for hydroxylation is 1. The molecule has 0 spiro atoms. The monoisotopic (exact) mass is 260 g/mol. The lowest BCUT2D eigenvalue weighted by molar-refractivity contribution is 0.172. The van der Waals surface area contributed by atoms with Crippen LogP contribution in [0.5, 0.6) is 11.5 Å². The molecule has 4 nitrogen and oxygen atoms in total. The summed E-state index contributed by atoms with van der Waals surface area (Å²) < 4.78 is 11.3. The molecule has 0 aliphatic carbocycles. The Bertz CT molecular complexity index is 589. The number of H-pyrrole nitrogens is 1. The second kappa shape index (κ2) is 5.13. The number of ether oxygens (including phenoxy) is 2. The standard InChI is InChI=1S/C15H20N2O2/c1-3-16-5-4-11-10(2)17-13-9-15-14(8-12(11)13)18-6-7-19-15/h8-9,16-17H,3-7H2,1-2H3. The summed E-state index contributed by atoms with van der Waals surface area (Å²) in [4.78, 5) is 3.44. The first-order valence-electron chi connectivity index (χ1n) is 6.91. The smallest absolute Gasteiger partial charge is 0.163 e. The molecule has 1 aliphatic rings. The van der Waals surface area contributed by atoms with E-state index >= 15 is 0 Å². The summed E-state index contributed by atoms with van der Waals surface area (Å²) in [6.45, 7) is 7.53. The summed E-state index contributed by atoms with van der Waals surface area (Å²) in [5.41, 5.74) is 3.73. The Hall–Kier alpha value is -1.68. The number of aromatic amines is 1. The Morgan fingerprint density at radius 1 is 1.21 bits per heavy atom. The lowest BCUT2D eigenvalue weighted by Crippen LogP contribution is -2.16. The van der Waals surface area contributed by atoms with Gasteiger partial charge in [-0.05, 0) is 38.1 Å². The Balaban J connectivity index is 1.99. The van der Waals surface area contributed by atoms with Gasteiger partial charge in [0.05, 0.1) is 0 Å². The zero-order chi connectivity index (χ0) is 13.2. The van der Waals surface area contributed by atoms with E-state index in [1.165, 1.54) is 16.6 Å². The number of hydrogen-bond donors (Lipinski definition) is 2. The molecule has 3 rings (SSSR count). The lowest BCUT2D eigenvalue weighted by Gasteiger charge is -2.18. The van der Waals surface area contributed by atoms with Gasteiger partial charge in [-0.3, -0.25) is 0 Å². The van der Waals surface area contributed by atoms with Gasteiger partial charge in [-0.2, -0.15) is 0 Å². The van der Waals surface area contributed by atoms with Crippen LogP contribution in [0.2, 0.25) is 0 Å². The van der Waals surface area contributed by atoms with Gasteiger partial charge >= 0.3 is 0 Å². The van der Waals surface area contributed by atoms with Crippen molar-refractivity contribution in [2.45, 2.75) is 20.3 Å². The Morgan fingerprint density at radius 3 is 2.68 bits per heavy atom. The summed E-state index contributed by atoms with van der Waals surface area (Å²) in [5.74, 6) is 1.71. The lowest BCUT2D eigenvalue weighted by atomic mass is 10.1. The predicted molar refractivity (Wildman–Crippen MR) is 76.3 cm³/mol. The highest BCUT2D eigenvalue weighted by molar-refractivity contribution is 5.88. The van der Waals surface area contributed by atoms with E-state index in [9.17, 15) is 0 Å². The third kappa shape index (κ3) is 2.28. The molecule has 1 aromatic carbocycles. The molecule has 2 heterocycles. The fourth-order valence-electron chi connectivity index (χ4n) is 2.63. The van der Waals surface area contributed by atoms with Crippen LogP contribution < -0.4 is 14.8 Å². The molecule has 2 N–H and O–H groups in total. The highest BCUT2D eigenvalue weighted by Crippen LogP contribution is 2.36. The van der Waals surface area contributed by atoms with Gasteiger partial charge in [-0.25, -0.2) is 0 Å². The molecule has 0 atom stereocenters. The van der Waals surface area contributed by atoms with Crippen LogP contribution >= 0.6 is 0 Å². The normalized spacial score (nSPS) is 14.0. The van der Waals surface area contributed by atoms with E-state index < -0.39 is 0 Å². The van der Waals surface area contributed by atoms with Crippen LogP contribution in [-0.2, 0) is 6.42 Å². The fourth-order valence-corrected chi connectivity index (χ4v) is 2.63. The largest absolute Gasteiger partial charge is 0.486 e. The van der Waals surface area contributed by atoms with Gasteiger partial charge in [0.25, 0.3) is 0 Å². The molecule has 4 heteroatoms. The Labute approximate surface area is 113 Å². The number of aromatic nitrogens is 1. The summed E-state index contributed by atoms with van der Waals surface area (Å²) in [5, 5.41) is 4.62. The van der Waals surface area contributed by atoms with E-state index in [0.29, 0.717) is 13.2 Å². The number of benzene rings is 1. The molecular formula is C15H20N2O2. The number of rotatable bonds is 4. The number of fused-ring (bicyclic) bond motifs is 2. The third-order valence-electron chi connectivity index (χ3n) is 3.58. The van der Waals surface area contributed by atoms with E-state index in [-0.39, 0.29) is 0 Å². The van der Waals surface area contributed by atoms with Crippen molar-refractivity contribution in [2.24, 2.45) is 0 Å². The van der Waals surface area contributed by atoms with E-state index in [1.807, 2.05) is 6.07 Å². The quantitative estimate of drug-likeness (QED) is 0.830. The van der Waals surface area contributed by atoms with E-state index in [0.717, 1.165) is 36.5 Å². The molecule has 19 heavy (non-hydrogen) atoms. The summed E-state index contributed by atoms with van der Waals surface area (Å²) in [6.07, 6.45) is 1.03. The molecule has 0 fully saturated rings. The van der Waals surface area contributed by atoms with Crippen LogP contribution in [0, 0.1) is 6.92 Å². The molecule has 1 aliphatic heterocycles. The van der Waals surface area contributed by atoms with Gasteiger partial charge in [0, 0.05) is 22.7 Å². The van der Waals surface area contributed by atoms with Crippen LogP contribution in [0.1, 0.15) is 18.2 Å². The highest BCUT2D eigenvalue weighted by Gasteiger charge is 2.16. The van der Waals surface area contributed by atoms with Crippen LogP contribution in [0.3, 0.4) is 0 Å². The predicted octanol–water partition coefficient (Wildman–Crippen LogP) is 2.40. The van der Waals surface area contributed by atoms with Crippen molar-refractivity contribution in [3.05, 3.63) is 23.4 Å². The average molecular weight is 260 g/mol. The molecule has 0 amide bonds. The Morgan fingerprint density at radius 2 is 1.95 bits per heavy atom. The molecule has 0 saturated heterocycles. The van der Waals surface area contributed by atoms with Gasteiger partial charge < -0.3 is 19.8 Å². The van der Waals surface area contributed by atoms with Crippen molar-refractivity contribution in [3.63, 3.8) is 0 Å². The maximum absolute atomic E-state index is 5.67. The van der Waals surface area contributed by atoms with Crippen LogP contribution in [0.15, 0.2) is 12.1 Å². The van der Waals surface area contributed by atoms with Crippen LogP contribution in [-0.4, -0.2) is 31.3 Å². The van der Waals surface area contributed by atoms with Gasteiger partial charge in [-0.15, -0.1) is 0 Å². The summed E-state index contributed by atoms with van der Waals surface area (Å²) in [6, 6.07) is 4.15. The molecule has 0 radical (unpaired) electrons. The topological polar surface area (TPSA) is 46.3 Å². The van der Waals surface area contributed by atoms with Gasteiger partial charge in [0.2, 0.25) is 0 Å². The van der Waals surface area contributed by atoms with Crippen molar-refractivity contribution in [2.75, 3.05) is 26.3 Å². The zero-order valence-corrected chi connectivity index (χ0v) is 11.5. The minimum atomic E-state index is 0.630. The first-order valence-corrected chi connectivity index (χ1v) is 6.91. The van der Waals surface area contributed by atoms with Crippen molar-refractivity contribution in [1.29, 1.82) is 0 Å². The molecule has 0 saturated carbocycles. The summed E-state index contributed by atoms with van der Waals surface area (Å²) in [7, 11) is 0. The van der Waals surface area contributed by atoms with Crippen molar-refractivity contribution >= 4 is 10.9 Å². The SMILES string of the molecule is CCNCCc1c(C)[nH]c2cc3c(cc12)OCCO3. The van der Waals surface area contributed by atoms with Crippen LogP contribution in [0.4, 0.5) is 0 Å². The highest BCUT2D eigenvalue weighted by atomic mass is 16.6. The molecule has 0 bridgehead atoms. The second-order valence-electron chi connectivity index (χ2n) is 4.87. The minimum Gasteiger partial charge on any atom is -0.486 e. The first kappa shape index (κ1) is 12.4. The molecular weight excluding hydrogens is 240 g/mol. The maximum atomic E-state index is 5.67. The molecule has 102 valence electrons. The van der Waals surface area contributed by atoms with E-state index in [4.69, 9.17) is 9.47 Å². The average Bonchev–Trinajstić information content (AvgIpc) is 2.72.